The molecule has 0 radical (unpaired) electrons. The first-order valence-electron chi connectivity index (χ1n) is 3.15. The Morgan fingerprint density at radius 2 is 2.30 bits per heavy atom. The van der Waals surface area contributed by atoms with Gasteiger partial charge in [-0.15, -0.1) is 0 Å². The van der Waals surface area contributed by atoms with Crippen molar-refractivity contribution in [2.45, 2.75) is 13.3 Å². The van der Waals surface area contributed by atoms with Crippen molar-refractivity contribution in [3.63, 3.8) is 0 Å². The summed E-state index contributed by atoms with van der Waals surface area (Å²) in [5, 5.41) is -0.455. The van der Waals surface area contributed by atoms with E-state index in [4.69, 9.17) is 16.3 Å². The van der Waals surface area contributed by atoms with E-state index in [2.05, 4.69) is 0 Å². The van der Waals surface area contributed by atoms with E-state index >= 15 is 0 Å². The van der Waals surface area contributed by atoms with Crippen LogP contribution in [0.3, 0.4) is 0 Å². The molecule has 0 atom stereocenters. The molecule has 0 aromatic heterocycles. The van der Waals surface area contributed by atoms with Crippen molar-refractivity contribution < 1.29 is 9.53 Å². The molecule has 0 aromatic carbocycles. The maximum absolute atomic E-state index is 10.5. The molecule has 0 fully saturated rings. The number of carbonyl (C=O) groups excluding carboxylic acids is 1. The third-order valence-electron chi connectivity index (χ3n) is 1.03. The normalized spacial score (nSPS) is 9.50. The van der Waals surface area contributed by atoms with Crippen LogP contribution in [0.15, 0.2) is 0 Å². The van der Waals surface area contributed by atoms with Crippen LogP contribution in [0.5, 0.6) is 0 Å². The van der Waals surface area contributed by atoms with E-state index in [1.54, 1.807) is 0 Å². The first kappa shape index (κ1) is 9.72. The first-order valence-corrected chi connectivity index (χ1v) is 3.53. The molecule has 4 heteroatoms. The summed E-state index contributed by atoms with van der Waals surface area (Å²) in [6.07, 6.45) is 0.891. The third-order valence-corrected chi connectivity index (χ3v) is 1.27. The molecule has 3 nitrogen and oxygen atoms in total. The lowest BCUT2D eigenvalue weighted by Crippen LogP contribution is -2.28. The number of halogens is 1. The summed E-state index contributed by atoms with van der Waals surface area (Å²) < 4.78 is 4.74. The molecule has 0 unspecified atom stereocenters. The molecule has 1 amide bonds. The lowest BCUT2D eigenvalue weighted by atomic mass is 10.5. The fraction of sp³-hybridized carbons (Fsp3) is 0.833. The van der Waals surface area contributed by atoms with Crippen molar-refractivity contribution in [3.8, 4) is 0 Å². The van der Waals surface area contributed by atoms with E-state index < -0.39 is 5.37 Å². The Kier molecular flexibility index (Phi) is 5.35. The van der Waals surface area contributed by atoms with Crippen molar-refractivity contribution in [2.24, 2.45) is 0 Å². The Bertz CT molecular complexity index is 102. The van der Waals surface area contributed by atoms with Gasteiger partial charge in [0.1, 0.15) is 6.73 Å². The van der Waals surface area contributed by atoms with E-state index in [0.717, 1.165) is 6.42 Å². The third kappa shape index (κ3) is 3.69. The second kappa shape index (κ2) is 5.50. The highest BCUT2D eigenvalue weighted by Crippen LogP contribution is 1.97. The van der Waals surface area contributed by atoms with Gasteiger partial charge in [-0.1, -0.05) is 6.92 Å². The fourth-order valence-electron chi connectivity index (χ4n) is 0.629. The lowest BCUT2D eigenvalue weighted by Gasteiger charge is -2.16. The van der Waals surface area contributed by atoms with Crippen LogP contribution in [0.1, 0.15) is 13.3 Å². The SMILES string of the molecule is CCCN(COC)C(=O)Cl. The Morgan fingerprint density at radius 3 is 2.60 bits per heavy atom. The Balaban J connectivity index is 3.61. The molecule has 0 aliphatic rings. The second-order valence-electron chi connectivity index (χ2n) is 1.93. The summed E-state index contributed by atoms with van der Waals surface area (Å²) in [6.45, 7) is 2.90. The van der Waals surface area contributed by atoms with Gasteiger partial charge in [-0.2, -0.15) is 0 Å². The summed E-state index contributed by atoms with van der Waals surface area (Å²) >= 11 is 5.21. The molecule has 10 heavy (non-hydrogen) atoms. The van der Waals surface area contributed by atoms with Crippen molar-refractivity contribution in [1.82, 2.24) is 4.90 Å². The molecule has 0 N–H and O–H groups in total. The van der Waals surface area contributed by atoms with Gasteiger partial charge in [0.2, 0.25) is 0 Å². The summed E-state index contributed by atoms with van der Waals surface area (Å²) in [6, 6.07) is 0. The number of carbonyl (C=O) groups is 1. The highest BCUT2D eigenvalue weighted by molar-refractivity contribution is 6.62. The van der Waals surface area contributed by atoms with E-state index in [0.29, 0.717) is 6.54 Å². The number of hydrogen-bond acceptors (Lipinski definition) is 2. The van der Waals surface area contributed by atoms with Crippen LogP contribution in [0.2, 0.25) is 0 Å². The highest BCUT2D eigenvalue weighted by Gasteiger charge is 2.06. The number of ether oxygens (including phenoxy) is 1. The minimum atomic E-state index is -0.455. The molecule has 0 bridgehead atoms. The Hall–Kier alpha value is -0.280. The number of hydrogen-bond donors (Lipinski definition) is 0. The zero-order valence-electron chi connectivity index (χ0n) is 6.26. The van der Waals surface area contributed by atoms with Gasteiger partial charge in [-0.3, -0.25) is 4.79 Å². The maximum atomic E-state index is 10.5. The van der Waals surface area contributed by atoms with Gasteiger partial charge in [0.15, 0.2) is 0 Å². The zero-order valence-corrected chi connectivity index (χ0v) is 7.02. The quantitative estimate of drug-likeness (QED) is 0.360. The Morgan fingerprint density at radius 1 is 1.70 bits per heavy atom. The lowest BCUT2D eigenvalue weighted by molar-refractivity contribution is 0.0922. The van der Waals surface area contributed by atoms with Crippen LogP contribution in [-0.2, 0) is 4.74 Å². The van der Waals surface area contributed by atoms with Crippen molar-refractivity contribution >= 4 is 17.0 Å². The molecule has 0 saturated carbocycles. The van der Waals surface area contributed by atoms with E-state index in [1.165, 1.54) is 12.0 Å². The number of amides is 1. The van der Waals surface area contributed by atoms with Gasteiger partial charge in [0, 0.05) is 13.7 Å². The highest BCUT2D eigenvalue weighted by atomic mass is 35.5. The second-order valence-corrected chi connectivity index (χ2v) is 2.26. The maximum Gasteiger partial charge on any atom is 0.318 e. The molecule has 0 rings (SSSR count). The van der Waals surface area contributed by atoms with Crippen LogP contribution < -0.4 is 0 Å². The zero-order chi connectivity index (χ0) is 7.98. The van der Waals surface area contributed by atoms with Gasteiger partial charge in [-0.05, 0) is 18.0 Å². The van der Waals surface area contributed by atoms with Crippen LogP contribution in [0.25, 0.3) is 0 Å². The average molecular weight is 166 g/mol. The molecule has 0 aliphatic heterocycles. The van der Waals surface area contributed by atoms with Gasteiger partial charge < -0.3 is 9.64 Å². The van der Waals surface area contributed by atoms with Crippen molar-refractivity contribution in [2.75, 3.05) is 20.4 Å². The van der Waals surface area contributed by atoms with E-state index in [9.17, 15) is 4.79 Å². The molecule has 0 spiro atoms. The van der Waals surface area contributed by atoms with Crippen LogP contribution in [-0.4, -0.2) is 30.7 Å². The van der Waals surface area contributed by atoms with Crippen molar-refractivity contribution in [3.05, 3.63) is 0 Å². The summed E-state index contributed by atoms with van der Waals surface area (Å²) in [7, 11) is 1.53. The first-order chi connectivity index (χ1) is 4.72. The molecule has 0 aliphatic carbocycles. The number of methoxy groups -OCH3 is 1. The summed E-state index contributed by atoms with van der Waals surface area (Å²) in [5.74, 6) is 0. The monoisotopic (exact) mass is 165 g/mol. The van der Waals surface area contributed by atoms with Crippen LogP contribution in [0.4, 0.5) is 4.79 Å². The summed E-state index contributed by atoms with van der Waals surface area (Å²) in [5.41, 5.74) is 0. The molecule has 60 valence electrons. The minimum absolute atomic E-state index is 0.274. The largest absolute Gasteiger partial charge is 0.364 e. The average Bonchev–Trinajstić information content (AvgIpc) is 1.87. The molecule has 0 aromatic rings. The Labute approximate surface area is 65.9 Å². The van der Waals surface area contributed by atoms with Crippen LogP contribution in [0, 0.1) is 0 Å². The number of rotatable bonds is 4. The minimum Gasteiger partial charge on any atom is -0.364 e. The van der Waals surface area contributed by atoms with Crippen molar-refractivity contribution in [1.29, 1.82) is 0 Å². The van der Waals surface area contributed by atoms with Gasteiger partial charge >= 0.3 is 5.37 Å². The smallest absolute Gasteiger partial charge is 0.318 e. The topological polar surface area (TPSA) is 29.5 Å². The molecule has 0 heterocycles. The number of nitrogens with zero attached hydrogens (tertiary/aromatic N) is 1. The standard InChI is InChI=1S/C6H12ClNO2/c1-3-4-8(5-10-2)6(7)9/h3-5H2,1-2H3. The predicted octanol–water partition coefficient (Wildman–Crippen LogP) is 1.66. The van der Waals surface area contributed by atoms with E-state index in [-0.39, 0.29) is 6.73 Å². The molecular formula is C6H12ClNO2. The van der Waals surface area contributed by atoms with Gasteiger partial charge in [0.25, 0.3) is 0 Å². The predicted molar refractivity (Wildman–Crippen MR) is 40.1 cm³/mol. The van der Waals surface area contributed by atoms with Crippen LogP contribution >= 0.6 is 11.6 Å². The van der Waals surface area contributed by atoms with Gasteiger partial charge in [0.05, 0.1) is 0 Å². The van der Waals surface area contributed by atoms with E-state index in [1.807, 2.05) is 6.92 Å². The molecule has 0 saturated heterocycles. The summed E-state index contributed by atoms with van der Waals surface area (Å²) in [4.78, 5) is 12.0. The van der Waals surface area contributed by atoms with Gasteiger partial charge in [-0.25, -0.2) is 0 Å². The fourth-order valence-corrected chi connectivity index (χ4v) is 0.762. The molecular weight excluding hydrogens is 154 g/mol.